The molecule has 2 aromatic rings. The van der Waals surface area contributed by atoms with Crippen LogP contribution in [0.25, 0.3) is 0 Å². The minimum absolute atomic E-state index is 0.0522. The molecule has 4 heteroatoms. The van der Waals surface area contributed by atoms with Gasteiger partial charge in [-0.15, -0.1) is 0 Å². The average molecular weight is 325 g/mol. The highest BCUT2D eigenvalue weighted by atomic mass is 19.1. The van der Waals surface area contributed by atoms with Crippen molar-refractivity contribution in [3.8, 4) is 0 Å². The fraction of sp³-hybridized carbons (Fsp3) is 0.350. The number of rotatable bonds is 2. The van der Waals surface area contributed by atoms with E-state index in [-0.39, 0.29) is 23.9 Å². The zero-order valence-corrected chi connectivity index (χ0v) is 13.5. The molecular weight excluding hydrogens is 305 g/mol. The Morgan fingerprint density at radius 1 is 1.12 bits per heavy atom. The number of hydrogen-bond acceptors (Lipinski definition) is 2. The molecule has 0 saturated carbocycles. The summed E-state index contributed by atoms with van der Waals surface area (Å²) in [6.07, 6.45) is 2.22. The van der Waals surface area contributed by atoms with E-state index in [2.05, 4.69) is 12.1 Å². The molecule has 1 fully saturated rings. The van der Waals surface area contributed by atoms with E-state index in [0.717, 1.165) is 30.4 Å². The molecule has 24 heavy (non-hydrogen) atoms. The first-order valence-corrected chi connectivity index (χ1v) is 8.49. The van der Waals surface area contributed by atoms with Crippen LogP contribution in [0.2, 0.25) is 0 Å². The van der Waals surface area contributed by atoms with Gasteiger partial charge in [-0.1, -0.05) is 36.4 Å². The lowest BCUT2D eigenvalue weighted by Crippen LogP contribution is -2.45. The number of ether oxygens (including phenoxy) is 1. The SMILES string of the molecule is O=C([C@H]1CCCO1)N1CCc2ccccc2[C@@H]1c1ccc(F)cc1. The first-order valence-electron chi connectivity index (χ1n) is 8.49. The standard InChI is InChI=1S/C20H20FNO2/c21-16-9-7-15(8-10-16)19-17-5-2-1-4-14(17)11-12-22(19)20(23)18-6-3-13-24-18/h1-2,4-5,7-10,18-19H,3,6,11-13H2/t18-,19+/m1/s1. The number of fused-ring (bicyclic) bond motifs is 1. The van der Waals surface area contributed by atoms with E-state index in [1.165, 1.54) is 17.7 Å². The summed E-state index contributed by atoms with van der Waals surface area (Å²) in [6.45, 7) is 1.32. The first-order chi connectivity index (χ1) is 11.7. The van der Waals surface area contributed by atoms with Crippen molar-refractivity contribution in [1.29, 1.82) is 0 Å². The normalized spacial score (nSPS) is 23.1. The van der Waals surface area contributed by atoms with Crippen LogP contribution >= 0.6 is 0 Å². The lowest BCUT2D eigenvalue weighted by Gasteiger charge is -2.39. The minimum atomic E-state index is -0.335. The largest absolute Gasteiger partial charge is 0.368 e. The Kier molecular flexibility index (Phi) is 4.07. The zero-order chi connectivity index (χ0) is 16.5. The van der Waals surface area contributed by atoms with Gasteiger partial charge in [0.25, 0.3) is 5.91 Å². The summed E-state index contributed by atoms with van der Waals surface area (Å²) in [7, 11) is 0. The first kappa shape index (κ1) is 15.3. The predicted molar refractivity (Wildman–Crippen MR) is 89.1 cm³/mol. The summed E-state index contributed by atoms with van der Waals surface area (Å²) in [4.78, 5) is 14.9. The van der Waals surface area contributed by atoms with E-state index in [1.807, 2.05) is 17.0 Å². The Hall–Kier alpha value is -2.20. The van der Waals surface area contributed by atoms with E-state index < -0.39 is 0 Å². The molecule has 124 valence electrons. The molecule has 0 unspecified atom stereocenters. The minimum Gasteiger partial charge on any atom is -0.368 e. The van der Waals surface area contributed by atoms with Crippen LogP contribution in [-0.2, 0) is 16.0 Å². The predicted octanol–water partition coefficient (Wildman–Crippen LogP) is 3.48. The second kappa shape index (κ2) is 6.36. The maximum atomic E-state index is 13.4. The molecule has 4 rings (SSSR count). The molecule has 0 bridgehead atoms. The Morgan fingerprint density at radius 3 is 2.67 bits per heavy atom. The van der Waals surface area contributed by atoms with Crippen LogP contribution in [0.5, 0.6) is 0 Å². The molecule has 0 N–H and O–H groups in total. The van der Waals surface area contributed by atoms with Gasteiger partial charge in [-0.05, 0) is 48.1 Å². The van der Waals surface area contributed by atoms with Crippen LogP contribution in [0, 0.1) is 5.82 Å². The molecule has 2 atom stereocenters. The van der Waals surface area contributed by atoms with Gasteiger partial charge in [-0.2, -0.15) is 0 Å². The van der Waals surface area contributed by atoms with Gasteiger partial charge in [-0.25, -0.2) is 4.39 Å². The Balaban J connectivity index is 1.75. The van der Waals surface area contributed by atoms with Gasteiger partial charge in [0.15, 0.2) is 0 Å². The Bertz CT molecular complexity index is 738. The highest BCUT2D eigenvalue weighted by molar-refractivity contribution is 5.82. The van der Waals surface area contributed by atoms with Gasteiger partial charge in [0.2, 0.25) is 0 Å². The molecule has 2 aliphatic heterocycles. The third-order valence-corrected chi connectivity index (χ3v) is 4.96. The van der Waals surface area contributed by atoms with Crippen molar-refractivity contribution in [3.63, 3.8) is 0 Å². The fourth-order valence-electron chi connectivity index (χ4n) is 3.77. The third kappa shape index (κ3) is 2.71. The maximum Gasteiger partial charge on any atom is 0.252 e. The summed E-state index contributed by atoms with van der Waals surface area (Å²) in [6, 6.07) is 14.5. The molecular formula is C20H20FNO2. The molecule has 2 aromatic carbocycles. The summed E-state index contributed by atoms with van der Waals surface area (Å²) in [5.74, 6) is -0.212. The maximum absolute atomic E-state index is 13.4. The van der Waals surface area contributed by atoms with Crippen LogP contribution in [0.1, 0.15) is 35.6 Å². The van der Waals surface area contributed by atoms with Gasteiger partial charge in [0.1, 0.15) is 11.9 Å². The van der Waals surface area contributed by atoms with Gasteiger partial charge in [0, 0.05) is 13.2 Å². The molecule has 0 aliphatic carbocycles. The van der Waals surface area contributed by atoms with E-state index in [1.54, 1.807) is 12.1 Å². The lowest BCUT2D eigenvalue weighted by atomic mass is 9.87. The van der Waals surface area contributed by atoms with Crippen LogP contribution in [-0.4, -0.2) is 30.1 Å². The van der Waals surface area contributed by atoms with E-state index in [9.17, 15) is 9.18 Å². The summed E-state index contributed by atoms with van der Waals surface area (Å²) in [5.41, 5.74) is 3.32. The topological polar surface area (TPSA) is 29.5 Å². The van der Waals surface area contributed by atoms with Crippen molar-refractivity contribution in [2.45, 2.75) is 31.4 Å². The number of amides is 1. The van der Waals surface area contributed by atoms with Crippen LogP contribution in [0.4, 0.5) is 4.39 Å². The van der Waals surface area contributed by atoms with Gasteiger partial charge < -0.3 is 9.64 Å². The second-order valence-corrected chi connectivity index (χ2v) is 6.44. The monoisotopic (exact) mass is 325 g/mol. The summed E-state index contributed by atoms with van der Waals surface area (Å²) in [5, 5.41) is 0. The van der Waals surface area contributed by atoms with Crippen molar-refractivity contribution in [3.05, 3.63) is 71.0 Å². The van der Waals surface area contributed by atoms with Crippen molar-refractivity contribution >= 4 is 5.91 Å². The molecule has 2 aliphatic rings. The highest BCUT2D eigenvalue weighted by Gasteiger charge is 2.36. The number of hydrogen-bond donors (Lipinski definition) is 0. The molecule has 3 nitrogen and oxygen atoms in total. The lowest BCUT2D eigenvalue weighted by molar-refractivity contribution is -0.143. The summed E-state index contributed by atoms with van der Waals surface area (Å²) >= 11 is 0. The van der Waals surface area contributed by atoms with Crippen molar-refractivity contribution in [2.75, 3.05) is 13.2 Å². The number of carbonyl (C=O) groups is 1. The average Bonchev–Trinajstić information content (AvgIpc) is 3.16. The van der Waals surface area contributed by atoms with Crippen molar-refractivity contribution in [1.82, 2.24) is 4.90 Å². The Labute approximate surface area is 141 Å². The third-order valence-electron chi connectivity index (χ3n) is 4.96. The van der Waals surface area contributed by atoms with Crippen molar-refractivity contribution < 1.29 is 13.9 Å². The molecule has 1 saturated heterocycles. The molecule has 2 heterocycles. The van der Waals surface area contributed by atoms with E-state index >= 15 is 0 Å². The number of nitrogens with zero attached hydrogens (tertiary/aromatic N) is 1. The van der Waals surface area contributed by atoms with E-state index in [4.69, 9.17) is 4.74 Å². The van der Waals surface area contributed by atoms with Gasteiger partial charge in [-0.3, -0.25) is 4.79 Å². The van der Waals surface area contributed by atoms with E-state index in [0.29, 0.717) is 13.2 Å². The second-order valence-electron chi connectivity index (χ2n) is 6.44. The number of benzene rings is 2. The van der Waals surface area contributed by atoms with Crippen molar-refractivity contribution in [2.24, 2.45) is 0 Å². The molecule has 0 radical (unpaired) electrons. The molecule has 0 aromatic heterocycles. The zero-order valence-electron chi connectivity index (χ0n) is 13.5. The molecule has 0 spiro atoms. The summed E-state index contributed by atoms with van der Waals surface area (Å²) < 4.78 is 19.0. The number of halogens is 1. The van der Waals surface area contributed by atoms with Crippen LogP contribution in [0.3, 0.4) is 0 Å². The Morgan fingerprint density at radius 2 is 1.92 bits per heavy atom. The van der Waals surface area contributed by atoms with Crippen LogP contribution < -0.4 is 0 Å². The van der Waals surface area contributed by atoms with Crippen LogP contribution in [0.15, 0.2) is 48.5 Å². The quantitative estimate of drug-likeness (QED) is 0.846. The smallest absolute Gasteiger partial charge is 0.252 e. The number of carbonyl (C=O) groups excluding carboxylic acids is 1. The highest BCUT2D eigenvalue weighted by Crippen LogP contribution is 2.36. The fourth-order valence-corrected chi connectivity index (χ4v) is 3.77. The van der Waals surface area contributed by atoms with Gasteiger partial charge >= 0.3 is 0 Å². The molecule has 1 amide bonds. The van der Waals surface area contributed by atoms with Gasteiger partial charge in [0.05, 0.1) is 6.04 Å².